The molecule has 0 saturated carbocycles. The highest BCUT2D eigenvalue weighted by atomic mass is 16.1. The lowest BCUT2D eigenvalue weighted by molar-refractivity contribution is 0.789. The van der Waals surface area contributed by atoms with Gasteiger partial charge in [0, 0.05) is 11.8 Å². The van der Waals surface area contributed by atoms with Crippen molar-refractivity contribution in [2.24, 2.45) is 0 Å². The topological polar surface area (TPSA) is 73.9 Å². The van der Waals surface area contributed by atoms with E-state index in [1.54, 1.807) is 0 Å². The molecule has 23 heavy (non-hydrogen) atoms. The van der Waals surface area contributed by atoms with Gasteiger partial charge in [-0.15, -0.1) is 0 Å². The van der Waals surface area contributed by atoms with Crippen LogP contribution >= 0.6 is 0 Å². The van der Waals surface area contributed by atoms with E-state index < -0.39 is 0 Å². The Morgan fingerprint density at radius 2 is 1.96 bits per heavy atom. The highest BCUT2D eigenvalue weighted by Crippen LogP contribution is 2.15. The number of nitriles is 1. The Morgan fingerprint density at radius 1 is 1.22 bits per heavy atom. The Labute approximate surface area is 133 Å². The fourth-order valence-electron chi connectivity index (χ4n) is 2.38. The summed E-state index contributed by atoms with van der Waals surface area (Å²) < 4.78 is 1.29. The number of benzene rings is 1. The van der Waals surface area contributed by atoms with Crippen molar-refractivity contribution in [3.05, 3.63) is 69.3 Å². The fourth-order valence-corrected chi connectivity index (χ4v) is 2.38. The summed E-state index contributed by atoms with van der Waals surface area (Å²) in [7, 11) is 0. The number of rotatable bonds is 1. The van der Waals surface area contributed by atoms with Crippen molar-refractivity contribution in [2.75, 3.05) is 0 Å². The van der Waals surface area contributed by atoms with Crippen LogP contribution in [-0.2, 0) is 0 Å². The smallest absolute Gasteiger partial charge is 0.277 e. The van der Waals surface area contributed by atoms with E-state index in [1.165, 1.54) is 10.7 Å². The van der Waals surface area contributed by atoms with Crippen LogP contribution in [0.15, 0.2) is 41.3 Å². The number of H-pyrrole nitrogens is 1. The Kier molecular flexibility index (Phi) is 3.70. The first-order chi connectivity index (χ1) is 11.1. The Bertz CT molecular complexity index is 1020. The van der Waals surface area contributed by atoms with Crippen molar-refractivity contribution >= 4 is 5.65 Å². The summed E-state index contributed by atoms with van der Waals surface area (Å²) in [6.45, 7) is 3.85. The third-order valence-electron chi connectivity index (χ3n) is 3.49. The molecule has 0 bridgehead atoms. The molecule has 0 saturated heterocycles. The molecule has 0 aliphatic rings. The molecule has 3 aromatic rings. The average molecular weight is 302 g/mol. The maximum Gasteiger partial charge on any atom is 0.277 e. The van der Waals surface area contributed by atoms with E-state index in [2.05, 4.69) is 21.9 Å². The van der Waals surface area contributed by atoms with Crippen LogP contribution in [0.5, 0.6) is 0 Å². The molecule has 112 valence electrons. The third kappa shape index (κ3) is 2.61. The van der Waals surface area contributed by atoms with E-state index in [-0.39, 0.29) is 11.5 Å². The molecule has 0 aliphatic heterocycles. The zero-order chi connectivity index (χ0) is 16.4. The quantitative estimate of drug-likeness (QED) is 0.701. The predicted octanol–water partition coefficient (Wildman–Crippen LogP) is 2.42. The number of aromatic amines is 1. The minimum atomic E-state index is -0.219. The lowest BCUT2D eigenvalue weighted by Gasteiger charge is -2.07. The summed E-state index contributed by atoms with van der Waals surface area (Å²) in [5, 5.41) is 11.9. The van der Waals surface area contributed by atoms with Crippen LogP contribution in [0.25, 0.3) is 5.65 Å². The Morgan fingerprint density at radius 3 is 2.61 bits per heavy atom. The average Bonchev–Trinajstić information content (AvgIpc) is 2.97. The largest absolute Gasteiger partial charge is 0.295 e. The van der Waals surface area contributed by atoms with Gasteiger partial charge >= 0.3 is 0 Å². The maximum atomic E-state index is 12.6. The van der Waals surface area contributed by atoms with Gasteiger partial charge in [-0.05, 0) is 24.0 Å². The second-order valence-corrected chi connectivity index (χ2v) is 5.41. The second kappa shape index (κ2) is 5.82. The summed E-state index contributed by atoms with van der Waals surface area (Å²) >= 11 is 0. The molecule has 0 amide bonds. The van der Waals surface area contributed by atoms with Crippen LogP contribution in [0.4, 0.5) is 0 Å². The monoisotopic (exact) mass is 302 g/mol. The van der Waals surface area contributed by atoms with Crippen LogP contribution in [-0.4, -0.2) is 14.6 Å². The van der Waals surface area contributed by atoms with Crippen molar-refractivity contribution in [3.8, 4) is 17.9 Å². The van der Waals surface area contributed by atoms with E-state index in [0.717, 1.165) is 5.56 Å². The van der Waals surface area contributed by atoms with Gasteiger partial charge < -0.3 is 0 Å². The van der Waals surface area contributed by atoms with Crippen molar-refractivity contribution in [1.29, 1.82) is 5.26 Å². The van der Waals surface area contributed by atoms with Crippen LogP contribution in [0.3, 0.4) is 0 Å². The van der Waals surface area contributed by atoms with Crippen molar-refractivity contribution in [3.63, 3.8) is 0 Å². The highest BCUT2D eigenvalue weighted by molar-refractivity contribution is 5.57. The minimum Gasteiger partial charge on any atom is -0.295 e. The molecular weight excluding hydrogens is 288 g/mol. The molecule has 2 aromatic heterocycles. The van der Waals surface area contributed by atoms with Gasteiger partial charge in [0.05, 0.1) is 5.56 Å². The summed E-state index contributed by atoms with van der Waals surface area (Å²) in [5.74, 6) is 5.98. The van der Waals surface area contributed by atoms with Crippen LogP contribution in [0.2, 0.25) is 0 Å². The van der Waals surface area contributed by atoms with Gasteiger partial charge in [-0.2, -0.15) is 9.78 Å². The predicted molar refractivity (Wildman–Crippen MR) is 87.0 cm³/mol. The number of fused-ring (bicyclic) bond motifs is 1. The first kappa shape index (κ1) is 14.6. The molecule has 0 spiro atoms. The molecule has 0 aliphatic carbocycles. The standard InChI is InChI=1S/C18H14N4O/c1-12(2)16-15(9-8-13-6-4-3-5-7-13)21-17-14(10-19)11-20-22(17)18(16)23/h3-7,11-12,20H,1-2H3. The normalized spacial score (nSPS) is 10.3. The van der Waals surface area contributed by atoms with Gasteiger partial charge in [-0.25, -0.2) is 4.98 Å². The van der Waals surface area contributed by atoms with Gasteiger partial charge in [-0.1, -0.05) is 38.0 Å². The van der Waals surface area contributed by atoms with Gasteiger partial charge in [-0.3, -0.25) is 9.89 Å². The summed E-state index contributed by atoms with van der Waals surface area (Å²) in [6, 6.07) is 11.5. The van der Waals surface area contributed by atoms with E-state index in [9.17, 15) is 4.79 Å². The van der Waals surface area contributed by atoms with Gasteiger partial charge in [0.2, 0.25) is 0 Å². The number of nitrogens with zero attached hydrogens (tertiary/aromatic N) is 3. The van der Waals surface area contributed by atoms with E-state index in [4.69, 9.17) is 5.26 Å². The second-order valence-electron chi connectivity index (χ2n) is 5.41. The Hall–Kier alpha value is -3.31. The molecule has 5 nitrogen and oxygen atoms in total. The first-order valence-corrected chi connectivity index (χ1v) is 7.23. The molecule has 1 aromatic carbocycles. The van der Waals surface area contributed by atoms with Crippen molar-refractivity contribution < 1.29 is 0 Å². The molecule has 1 N–H and O–H groups in total. The van der Waals surface area contributed by atoms with Crippen LogP contribution < -0.4 is 5.56 Å². The number of hydrogen-bond acceptors (Lipinski definition) is 3. The molecule has 2 heterocycles. The summed E-state index contributed by atoms with van der Waals surface area (Å²) in [4.78, 5) is 17.1. The van der Waals surface area contributed by atoms with E-state index >= 15 is 0 Å². The Balaban J connectivity index is 2.27. The SMILES string of the molecule is CC(C)c1c(C#Cc2ccccc2)nc2c(C#N)c[nH]n2c1=O. The zero-order valence-corrected chi connectivity index (χ0v) is 12.8. The zero-order valence-electron chi connectivity index (χ0n) is 12.8. The summed E-state index contributed by atoms with van der Waals surface area (Å²) in [5.41, 5.74) is 2.21. The fraction of sp³-hybridized carbons (Fsp3) is 0.167. The molecule has 0 radical (unpaired) electrons. The molecule has 3 rings (SSSR count). The summed E-state index contributed by atoms with van der Waals surface area (Å²) in [6.07, 6.45) is 1.47. The van der Waals surface area contributed by atoms with Crippen molar-refractivity contribution in [2.45, 2.75) is 19.8 Å². The minimum absolute atomic E-state index is 0.0270. The van der Waals surface area contributed by atoms with Gasteiger partial charge in [0.25, 0.3) is 5.56 Å². The van der Waals surface area contributed by atoms with E-state index in [0.29, 0.717) is 22.5 Å². The maximum absolute atomic E-state index is 12.6. The van der Waals surface area contributed by atoms with Crippen molar-refractivity contribution in [1.82, 2.24) is 14.6 Å². The molecular formula is C18H14N4O. The lowest BCUT2D eigenvalue weighted by atomic mass is 10.0. The first-order valence-electron chi connectivity index (χ1n) is 7.23. The van der Waals surface area contributed by atoms with Gasteiger partial charge in [0.1, 0.15) is 17.3 Å². The lowest BCUT2D eigenvalue weighted by Crippen LogP contribution is -2.23. The van der Waals surface area contributed by atoms with Crippen LogP contribution in [0.1, 0.15) is 42.1 Å². The van der Waals surface area contributed by atoms with E-state index in [1.807, 2.05) is 50.2 Å². The molecule has 0 atom stereocenters. The molecule has 5 heteroatoms. The van der Waals surface area contributed by atoms with Gasteiger partial charge in [0.15, 0.2) is 5.65 Å². The number of nitrogens with one attached hydrogen (secondary N) is 1. The number of aromatic nitrogens is 3. The highest BCUT2D eigenvalue weighted by Gasteiger charge is 2.17. The third-order valence-corrected chi connectivity index (χ3v) is 3.49. The molecule has 0 unspecified atom stereocenters. The van der Waals surface area contributed by atoms with Crippen LogP contribution in [0, 0.1) is 23.2 Å². The molecule has 0 fully saturated rings. The number of hydrogen-bond donors (Lipinski definition) is 1.